The van der Waals surface area contributed by atoms with Gasteiger partial charge in [-0.3, -0.25) is 4.79 Å². The Labute approximate surface area is 167 Å². The van der Waals surface area contributed by atoms with Gasteiger partial charge < -0.3 is 10.6 Å². The van der Waals surface area contributed by atoms with Crippen LogP contribution < -0.4 is 15.4 Å². The third kappa shape index (κ3) is 7.92. The fraction of sp³-hybridized carbons (Fsp3) is 0.706. The molecule has 0 radical (unpaired) electrons. The van der Waals surface area contributed by atoms with Gasteiger partial charge in [0.2, 0.25) is 15.9 Å². The van der Waals surface area contributed by atoms with Crippen LogP contribution in [0.1, 0.15) is 38.0 Å². The molecule has 2 heterocycles. The highest BCUT2D eigenvalue weighted by molar-refractivity contribution is 7.91. The van der Waals surface area contributed by atoms with Gasteiger partial charge in [0.25, 0.3) is 0 Å². The van der Waals surface area contributed by atoms with Gasteiger partial charge in [-0.25, -0.2) is 13.1 Å². The molecule has 1 atom stereocenters. The third-order valence-electron chi connectivity index (χ3n) is 4.15. The van der Waals surface area contributed by atoms with Crippen molar-refractivity contribution in [3.05, 3.63) is 17.0 Å². The van der Waals surface area contributed by atoms with Crippen molar-refractivity contribution in [2.75, 3.05) is 26.2 Å². The largest absolute Gasteiger partial charge is 0.356 e. The SMILES string of the molecule is CC(C)CC(=O)NCCc1ccc(S(=O)(=O)NCC2CCCNC2)s1.Cl. The molecule has 0 aliphatic carbocycles. The normalized spacial score (nSPS) is 17.7. The molecule has 0 bridgehead atoms. The third-order valence-corrected chi connectivity index (χ3v) is 7.21. The lowest BCUT2D eigenvalue weighted by Gasteiger charge is -2.22. The molecule has 0 saturated carbocycles. The quantitative estimate of drug-likeness (QED) is 0.568. The summed E-state index contributed by atoms with van der Waals surface area (Å²) in [6.45, 7) is 6.92. The van der Waals surface area contributed by atoms with Crippen LogP contribution in [0.5, 0.6) is 0 Å². The molecule has 1 aliphatic heterocycles. The first-order valence-corrected chi connectivity index (χ1v) is 11.2. The van der Waals surface area contributed by atoms with Crippen LogP contribution in [0, 0.1) is 11.8 Å². The van der Waals surface area contributed by atoms with E-state index in [-0.39, 0.29) is 18.3 Å². The molecule has 2 rings (SSSR count). The number of hydrogen-bond acceptors (Lipinski definition) is 5. The minimum absolute atomic E-state index is 0. The highest BCUT2D eigenvalue weighted by atomic mass is 35.5. The van der Waals surface area contributed by atoms with Gasteiger partial charge in [-0.05, 0) is 56.3 Å². The standard InChI is InChI=1S/C17H29N3O3S2.ClH/c1-13(2)10-16(21)19-9-7-15-5-6-17(24-15)25(22,23)20-12-14-4-3-8-18-11-14;/h5-6,13-14,18,20H,3-4,7-12H2,1-2H3,(H,19,21);1H. The minimum atomic E-state index is -3.44. The van der Waals surface area contributed by atoms with Gasteiger partial charge in [-0.15, -0.1) is 23.7 Å². The van der Waals surface area contributed by atoms with Gasteiger partial charge in [0.1, 0.15) is 4.21 Å². The molecule has 1 aromatic rings. The molecule has 1 amide bonds. The van der Waals surface area contributed by atoms with Crippen molar-refractivity contribution in [3.63, 3.8) is 0 Å². The second kappa shape index (κ2) is 11.2. The van der Waals surface area contributed by atoms with Crippen LogP contribution in [0.3, 0.4) is 0 Å². The second-order valence-electron chi connectivity index (χ2n) is 6.98. The fourth-order valence-electron chi connectivity index (χ4n) is 2.80. The van der Waals surface area contributed by atoms with E-state index in [0.717, 1.165) is 30.8 Å². The second-order valence-corrected chi connectivity index (χ2v) is 10.1. The minimum Gasteiger partial charge on any atom is -0.356 e. The van der Waals surface area contributed by atoms with Crippen LogP contribution in [0.2, 0.25) is 0 Å². The van der Waals surface area contributed by atoms with Crippen LogP contribution in [-0.4, -0.2) is 40.5 Å². The number of carbonyl (C=O) groups excluding carboxylic acids is 1. The Hall–Kier alpha value is -0.670. The van der Waals surface area contributed by atoms with Crippen LogP contribution in [0.15, 0.2) is 16.3 Å². The van der Waals surface area contributed by atoms with Gasteiger partial charge in [0, 0.05) is 24.4 Å². The van der Waals surface area contributed by atoms with E-state index in [0.29, 0.717) is 42.0 Å². The number of carbonyl (C=O) groups is 1. The number of nitrogens with one attached hydrogen (secondary N) is 3. The highest BCUT2D eigenvalue weighted by Gasteiger charge is 2.20. The number of hydrogen-bond donors (Lipinski definition) is 3. The number of halogens is 1. The summed E-state index contributed by atoms with van der Waals surface area (Å²) < 4.78 is 27.9. The van der Waals surface area contributed by atoms with Gasteiger partial charge in [-0.2, -0.15) is 0 Å². The summed E-state index contributed by atoms with van der Waals surface area (Å²) in [5, 5.41) is 6.17. The maximum absolute atomic E-state index is 12.4. The number of amides is 1. The van der Waals surface area contributed by atoms with Crippen molar-refractivity contribution in [3.8, 4) is 0 Å². The van der Waals surface area contributed by atoms with Crippen LogP contribution in [0.25, 0.3) is 0 Å². The molecule has 6 nitrogen and oxygen atoms in total. The Kier molecular flexibility index (Phi) is 10.1. The summed E-state index contributed by atoms with van der Waals surface area (Å²) >= 11 is 1.27. The zero-order valence-corrected chi connectivity index (χ0v) is 17.9. The maximum atomic E-state index is 12.4. The average Bonchev–Trinajstić information content (AvgIpc) is 3.03. The molecular formula is C17H30ClN3O3S2. The predicted octanol–water partition coefficient (Wildman–Crippen LogP) is 2.15. The number of rotatable bonds is 9. The van der Waals surface area contributed by atoms with Crippen molar-refractivity contribution in [1.82, 2.24) is 15.4 Å². The lowest BCUT2D eigenvalue weighted by atomic mass is 10.0. The summed E-state index contributed by atoms with van der Waals surface area (Å²) in [6, 6.07) is 3.48. The van der Waals surface area contributed by atoms with Gasteiger partial charge in [0.05, 0.1) is 0 Å². The van der Waals surface area contributed by atoms with E-state index >= 15 is 0 Å². The zero-order chi connectivity index (χ0) is 18.3. The summed E-state index contributed by atoms with van der Waals surface area (Å²) in [7, 11) is -3.44. The summed E-state index contributed by atoms with van der Waals surface area (Å²) in [6.07, 6.45) is 3.32. The van der Waals surface area contributed by atoms with E-state index in [1.807, 2.05) is 19.9 Å². The molecule has 0 spiro atoms. The molecule has 26 heavy (non-hydrogen) atoms. The number of thiophene rings is 1. The van der Waals surface area contributed by atoms with Crippen molar-refractivity contribution in [2.24, 2.45) is 11.8 Å². The molecule has 1 aromatic heterocycles. The molecule has 9 heteroatoms. The van der Waals surface area contributed by atoms with E-state index in [1.165, 1.54) is 11.3 Å². The Balaban J connectivity index is 0.00000338. The summed E-state index contributed by atoms with van der Waals surface area (Å²) in [4.78, 5) is 12.6. The van der Waals surface area contributed by atoms with Gasteiger partial charge >= 0.3 is 0 Å². The van der Waals surface area contributed by atoms with Gasteiger partial charge in [0.15, 0.2) is 0 Å². The first kappa shape index (κ1) is 23.4. The highest BCUT2D eigenvalue weighted by Crippen LogP contribution is 2.22. The molecule has 150 valence electrons. The van der Waals surface area contributed by atoms with Crippen molar-refractivity contribution >= 4 is 39.7 Å². The molecule has 3 N–H and O–H groups in total. The van der Waals surface area contributed by atoms with E-state index < -0.39 is 10.0 Å². The molecule has 1 saturated heterocycles. The van der Waals surface area contributed by atoms with Crippen molar-refractivity contribution in [2.45, 2.75) is 43.7 Å². The van der Waals surface area contributed by atoms with Crippen LogP contribution in [-0.2, 0) is 21.2 Å². The topological polar surface area (TPSA) is 87.3 Å². The zero-order valence-electron chi connectivity index (χ0n) is 15.4. The summed E-state index contributed by atoms with van der Waals surface area (Å²) in [5.74, 6) is 0.741. The smallest absolute Gasteiger partial charge is 0.250 e. The maximum Gasteiger partial charge on any atom is 0.250 e. The van der Waals surface area contributed by atoms with Crippen LogP contribution >= 0.6 is 23.7 Å². The van der Waals surface area contributed by atoms with E-state index in [4.69, 9.17) is 0 Å². The molecule has 1 fully saturated rings. The first-order chi connectivity index (χ1) is 11.9. The molecule has 1 unspecified atom stereocenters. The van der Waals surface area contributed by atoms with Crippen molar-refractivity contribution < 1.29 is 13.2 Å². The Morgan fingerprint density at radius 2 is 2.15 bits per heavy atom. The van der Waals surface area contributed by atoms with Crippen LogP contribution in [0.4, 0.5) is 0 Å². The Morgan fingerprint density at radius 1 is 1.38 bits per heavy atom. The van der Waals surface area contributed by atoms with E-state index in [2.05, 4.69) is 15.4 Å². The Bertz CT molecular complexity index is 656. The van der Waals surface area contributed by atoms with Crippen molar-refractivity contribution in [1.29, 1.82) is 0 Å². The fourth-order valence-corrected chi connectivity index (χ4v) is 5.32. The predicted molar refractivity (Wildman–Crippen MR) is 109 cm³/mol. The lowest BCUT2D eigenvalue weighted by molar-refractivity contribution is -0.121. The molecule has 0 aromatic carbocycles. The van der Waals surface area contributed by atoms with Gasteiger partial charge in [-0.1, -0.05) is 13.8 Å². The number of sulfonamides is 1. The first-order valence-electron chi connectivity index (χ1n) is 8.92. The summed E-state index contributed by atoms with van der Waals surface area (Å²) in [5.41, 5.74) is 0. The Morgan fingerprint density at radius 3 is 2.81 bits per heavy atom. The lowest BCUT2D eigenvalue weighted by Crippen LogP contribution is -2.37. The monoisotopic (exact) mass is 423 g/mol. The number of piperidine rings is 1. The average molecular weight is 424 g/mol. The molecule has 1 aliphatic rings. The molecular weight excluding hydrogens is 394 g/mol. The van der Waals surface area contributed by atoms with E-state index in [9.17, 15) is 13.2 Å². The van der Waals surface area contributed by atoms with E-state index in [1.54, 1.807) is 6.07 Å².